The van der Waals surface area contributed by atoms with Gasteiger partial charge in [-0.3, -0.25) is 0 Å². The van der Waals surface area contributed by atoms with Crippen molar-refractivity contribution >= 4 is 55.6 Å². The number of fused-ring (bicyclic) bond motifs is 2. The van der Waals surface area contributed by atoms with E-state index in [1.165, 1.54) is 0 Å². The maximum absolute atomic E-state index is 13.4. The zero-order valence-electron chi connectivity index (χ0n) is 18.9. The Bertz CT molecular complexity index is 1430. The highest BCUT2D eigenvalue weighted by Crippen LogP contribution is 2.32. The first-order chi connectivity index (χ1) is 16.9. The van der Waals surface area contributed by atoms with Crippen LogP contribution in [0.3, 0.4) is 0 Å². The number of piperidine rings is 1. The molecular formula is C25H24F2N6OS. The van der Waals surface area contributed by atoms with E-state index >= 15 is 0 Å². The number of urea groups is 1. The monoisotopic (exact) mass is 494 g/mol. The number of nitrogens with zero attached hydrogens (tertiary/aromatic N) is 4. The molecule has 7 nitrogen and oxygen atoms in total. The number of H-pyrrole nitrogens is 1. The van der Waals surface area contributed by atoms with Crippen LogP contribution in [0, 0.1) is 0 Å². The van der Waals surface area contributed by atoms with Gasteiger partial charge in [-0.05, 0) is 42.3 Å². The molecule has 0 radical (unpaired) electrons. The number of pyridine rings is 1. The first kappa shape index (κ1) is 22.0. The van der Waals surface area contributed by atoms with Gasteiger partial charge in [0, 0.05) is 62.0 Å². The summed E-state index contributed by atoms with van der Waals surface area (Å²) in [7, 11) is 0. The molecule has 0 aliphatic carbocycles. The summed E-state index contributed by atoms with van der Waals surface area (Å²) in [6.45, 7) is 1.24. The first-order valence-electron chi connectivity index (χ1n) is 11.6. The summed E-state index contributed by atoms with van der Waals surface area (Å²) in [5, 5.41) is 4.48. The van der Waals surface area contributed by atoms with E-state index in [-0.39, 0.29) is 32.0 Å². The predicted molar refractivity (Wildman–Crippen MR) is 134 cm³/mol. The number of rotatable bonds is 3. The Morgan fingerprint density at radius 2 is 1.94 bits per heavy atom. The highest BCUT2D eigenvalue weighted by molar-refractivity contribution is 7.16. The number of amides is 2. The Balaban J connectivity index is 1.18. The standard InChI is InChI=1S/C25H24F2N6OS/c26-25(27)6-11-33(12-7-25)24(34)32-9-4-16(5-10-32)21-14-18-19(3-8-28-23(18)31-21)30-17-1-2-20-22(13-17)35-15-29-20/h1-4,8,13-15H,5-7,9-12H2,(H2,28,30,31). The van der Waals surface area contributed by atoms with Gasteiger partial charge in [0.2, 0.25) is 0 Å². The average Bonchev–Trinajstić information content (AvgIpc) is 3.51. The summed E-state index contributed by atoms with van der Waals surface area (Å²) in [6, 6.07) is 10.00. The number of hydrogen-bond acceptors (Lipinski definition) is 5. The van der Waals surface area contributed by atoms with E-state index in [0.29, 0.717) is 19.5 Å². The fraction of sp³-hybridized carbons (Fsp3) is 0.320. The number of benzene rings is 1. The largest absolute Gasteiger partial charge is 0.355 e. The van der Waals surface area contributed by atoms with Crippen molar-refractivity contribution in [2.75, 3.05) is 31.5 Å². The van der Waals surface area contributed by atoms with Gasteiger partial charge >= 0.3 is 6.03 Å². The summed E-state index contributed by atoms with van der Waals surface area (Å²) in [4.78, 5) is 28.3. The summed E-state index contributed by atoms with van der Waals surface area (Å²) in [5.41, 5.74) is 7.65. The third-order valence-electron chi connectivity index (χ3n) is 6.73. The molecule has 0 saturated carbocycles. The van der Waals surface area contributed by atoms with Crippen LogP contribution in [0.15, 0.2) is 48.1 Å². The van der Waals surface area contributed by atoms with E-state index in [1.54, 1.807) is 27.3 Å². The van der Waals surface area contributed by atoms with Crippen molar-refractivity contribution in [2.45, 2.75) is 25.2 Å². The molecule has 0 spiro atoms. The highest BCUT2D eigenvalue weighted by atomic mass is 32.1. The number of anilines is 2. The summed E-state index contributed by atoms with van der Waals surface area (Å²) < 4.78 is 28.0. The van der Waals surface area contributed by atoms with Crippen molar-refractivity contribution in [3.63, 3.8) is 0 Å². The van der Waals surface area contributed by atoms with Crippen LogP contribution in [0.1, 0.15) is 25.0 Å². The zero-order valence-corrected chi connectivity index (χ0v) is 19.7. The molecule has 2 aliphatic rings. The van der Waals surface area contributed by atoms with Crippen molar-refractivity contribution in [1.82, 2.24) is 24.8 Å². The molecule has 1 saturated heterocycles. The lowest BCUT2D eigenvalue weighted by Crippen LogP contribution is -2.49. The molecular weight excluding hydrogens is 470 g/mol. The summed E-state index contributed by atoms with van der Waals surface area (Å²) in [5.74, 6) is -2.66. The van der Waals surface area contributed by atoms with Gasteiger partial charge in [0.05, 0.1) is 21.4 Å². The van der Waals surface area contributed by atoms with Gasteiger partial charge in [0.15, 0.2) is 0 Å². The Morgan fingerprint density at radius 3 is 2.74 bits per heavy atom. The van der Waals surface area contributed by atoms with Crippen LogP contribution in [-0.4, -0.2) is 62.9 Å². The van der Waals surface area contributed by atoms with Crippen LogP contribution in [-0.2, 0) is 0 Å². The van der Waals surface area contributed by atoms with Crippen LogP contribution in [0.25, 0.3) is 26.8 Å². The van der Waals surface area contributed by atoms with Crippen LogP contribution >= 0.6 is 11.3 Å². The minimum atomic E-state index is -2.66. The molecule has 6 rings (SSSR count). The second-order valence-electron chi connectivity index (χ2n) is 9.01. The second kappa shape index (κ2) is 8.60. The van der Waals surface area contributed by atoms with Gasteiger partial charge in [-0.1, -0.05) is 6.08 Å². The van der Waals surface area contributed by atoms with Crippen LogP contribution in [0.2, 0.25) is 0 Å². The lowest BCUT2D eigenvalue weighted by atomic mass is 10.0. The zero-order chi connectivity index (χ0) is 24.0. The summed E-state index contributed by atoms with van der Waals surface area (Å²) in [6.07, 6.45) is 3.98. The number of alkyl halides is 2. The molecule has 1 aromatic carbocycles. The van der Waals surface area contributed by atoms with E-state index in [1.807, 2.05) is 29.8 Å². The van der Waals surface area contributed by atoms with Crippen LogP contribution in [0.4, 0.5) is 25.0 Å². The molecule has 0 unspecified atom stereocenters. The third kappa shape index (κ3) is 4.34. The Morgan fingerprint density at radius 1 is 1.09 bits per heavy atom. The SMILES string of the molecule is O=C(N1CC=C(c2cc3c(Nc4ccc5ncsc5c4)ccnc3[nH]2)CC1)N1CCC(F)(F)CC1. The van der Waals surface area contributed by atoms with Crippen molar-refractivity contribution in [3.05, 3.63) is 53.8 Å². The van der Waals surface area contributed by atoms with E-state index in [9.17, 15) is 13.6 Å². The maximum atomic E-state index is 13.4. The van der Waals surface area contributed by atoms with E-state index in [4.69, 9.17) is 0 Å². The number of likely N-dealkylation sites (tertiary alicyclic amines) is 1. The van der Waals surface area contributed by atoms with Gasteiger partial charge in [0.25, 0.3) is 5.92 Å². The molecule has 35 heavy (non-hydrogen) atoms. The second-order valence-corrected chi connectivity index (χ2v) is 9.90. The molecule has 180 valence electrons. The molecule has 5 heterocycles. The Hall–Kier alpha value is -3.53. The van der Waals surface area contributed by atoms with Gasteiger partial charge < -0.3 is 20.1 Å². The van der Waals surface area contributed by atoms with Crippen molar-refractivity contribution in [1.29, 1.82) is 0 Å². The normalized spacial score (nSPS) is 18.2. The smallest absolute Gasteiger partial charge is 0.320 e. The van der Waals surface area contributed by atoms with Gasteiger partial charge in [-0.15, -0.1) is 11.3 Å². The number of aromatic nitrogens is 3. The fourth-order valence-electron chi connectivity index (χ4n) is 4.71. The van der Waals surface area contributed by atoms with Crippen molar-refractivity contribution in [2.24, 2.45) is 0 Å². The Kier molecular flexibility index (Phi) is 5.40. The average molecular weight is 495 g/mol. The number of carbonyl (C=O) groups is 1. The first-order valence-corrected chi connectivity index (χ1v) is 12.5. The predicted octanol–water partition coefficient (Wildman–Crippen LogP) is 5.86. The number of hydrogen-bond donors (Lipinski definition) is 2. The number of carbonyl (C=O) groups excluding carboxylic acids is 1. The number of nitrogens with one attached hydrogen (secondary N) is 2. The maximum Gasteiger partial charge on any atom is 0.320 e. The van der Waals surface area contributed by atoms with Gasteiger partial charge in [-0.2, -0.15) is 0 Å². The highest BCUT2D eigenvalue weighted by Gasteiger charge is 2.37. The molecule has 2 aliphatic heterocycles. The molecule has 0 bridgehead atoms. The van der Waals surface area contributed by atoms with Crippen molar-refractivity contribution < 1.29 is 13.6 Å². The van der Waals surface area contributed by atoms with Gasteiger partial charge in [0.1, 0.15) is 5.65 Å². The third-order valence-corrected chi connectivity index (χ3v) is 7.52. The minimum Gasteiger partial charge on any atom is -0.355 e. The van der Waals surface area contributed by atoms with E-state index < -0.39 is 5.92 Å². The van der Waals surface area contributed by atoms with Crippen molar-refractivity contribution in [3.8, 4) is 0 Å². The molecule has 2 amide bonds. The van der Waals surface area contributed by atoms with Crippen LogP contribution in [0.5, 0.6) is 0 Å². The van der Waals surface area contributed by atoms with Crippen LogP contribution < -0.4 is 5.32 Å². The minimum absolute atomic E-state index is 0.109. The quantitative estimate of drug-likeness (QED) is 0.374. The molecule has 2 N–H and O–H groups in total. The fourth-order valence-corrected chi connectivity index (χ4v) is 5.43. The molecule has 1 fully saturated rings. The number of halogens is 2. The topological polar surface area (TPSA) is 77.1 Å². The number of aromatic amines is 1. The number of thiazole rings is 1. The molecule has 10 heteroatoms. The molecule has 3 aromatic heterocycles. The van der Waals surface area contributed by atoms with E-state index in [0.717, 1.165) is 43.9 Å². The van der Waals surface area contributed by atoms with E-state index in [2.05, 4.69) is 32.4 Å². The Labute approximate surface area is 204 Å². The van der Waals surface area contributed by atoms with Gasteiger partial charge in [-0.25, -0.2) is 23.5 Å². The lowest BCUT2D eigenvalue weighted by Gasteiger charge is -2.36. The molecule has 4 aromatic rings. The molecule has 0 atom stereocenters. The lowest BCUT2D eigenvalue weighted by molar-refractivity contribution is -0.0489. The summed E-state index contributed by atoms with van der Waals surface area (Å²) >= 11 is 1.61.